The third-order valence-corrected chi connectivity index (χ3v) is 4.50. The van der Waals surface area contributed by atoms with Crippen LogP contribution in [0, 0.1) is 0 Å². The van der Waals surface area contributed by atoms with Gasteiger partial charge in [-0.1, -0.05) is 32.4 Å². The first-order valence-electron chi connectivity index (χ1n) is 5.04. The van der Waals surface area contributed by atoms with E-state index in [9.17, 15) is 0 Å². The molecule has 0 aliphatic rings. The van der Waals surface area contributed by atoms with Gasteiger partial charge in [-0.25, -0.2) is 0 Å². The summed E-state index contributed by atoms with van der Waals surface area (Å²) in [5.41, 5.74) is 0. The molecule has 0 aliphatic carbocycles. The third-order valence-electron chi connectivity index (χ3n) is 2.67. The molecule has 0 heterocycles. The molecule has 0 radical (unpaired) electrons. The molecule has 0 aromatic heterocycles. The standard InChI is InChI=1S/C12H17ClS/c1-4-12(3,5-2)14-11-8-6-10(13)7-9-11/h6-9H,4-5H2,1-3H3. The lowest BCUT2D eigenvalue weighted by atomic mass is 10.1. The van der Waals surface area contributed by atoms with E-state index in [1.165, 1.54) is 17.7 Å². The van der Waals surface area contributed by atoms with E-state index in [4.69, 9.17) is 11.6 Å². The van der Waals surface area contributed by atoms with Crippen molar-refractivity contribution < 1.29 is 0 Å². The molecule has 0 saturated carbocycles. The molecule has 1 rings (SSSR count). The number of halogens is 1. The van der Waals surface area contributed by atoms with Crippen molar-refractivity contribution in [1.82, 2.24) is 0 Å². The first kappa shape index (κ1) is 11.9. The van der Waals surface area contributed by atoms with E-state index in [2.05, 4.69) is 32.9 Å². The van der Waals surface area contributed by atoms with Gasteiger partial charge in [0.2, 0.25) is 0 Å². The molecule has 0 amide bonds. The summed E-state index contributed by atoms with van der Waals surface area (Å²) < 4.78 is 0.355. The molecule has 0 saturated heterocycles. The zero-order chi connectivity index (χ0) is 10.6. The minimum absolute atomic E-state index is 0.355. The Kier molecular flexibility index (Phi) is 4.33. The van der Waals surface area contributed by atoms with Crippen LogP contribution in [0.4, 0.5) is 0 Å². The highest BCUT2D eigenvalue weighted by atomic mass is 35.5. The molecule has 0 unspecified atom stereocenters. The summed E-state index contributed by atoms with van der Waals surface area (Å²) in [5, 5.41) is 0.809. The second-order valence-corrected chi connectivity index (χ2v) is 5.81. The average molecular weight is 229 g/mol. The molecule has 14 heavy (non-hydrogen) atoms. The Morgan fingerprint density at radius 1 is 1.14 bits per heavy atom. The predicted octanol–water partition coefficient (Wildman–Crippen LogP) is 5.01. The van der Waals surface area contributed by atoms with Crippen LogP contribution in [-0.4, -0.2) is 4.75 Å². The highest BCUT2D eigenvalue weighted by molar-refractivity contribution is 8.00. The van der Waals surface area contributed by atoms with Gasteiger partial charge in [0.05, 0.1) is 0 Å². The third kappa shape index (κ3) is 3.21. The molecule has 1 aromatic carbocycles. The highest BCUT2D eigenvalue weighted by Crippen LogP contribution is 2.37. The van der Waals surface area contributed by atoms with Crippen molar-refractivity contribution in [2.24, 2.45) is 0 Å². The van der Waals surface area contributed by atoms with Gasteiger partial charge < -0.3 is 0 Å². The van der Waals surface area contributed by atoms with E-state index in [-0.39, 0.29) is 0 Å². The lowest BCUT2D eigenvalue weighted by Crippen LogP contribution is -2.16. The number of rotatable bonds is 4. The van der Waals surface area contributed by atoms with Gasteiger partial charge in [-0.15, -0.1) is 11.8 Å². The van der Waals surface area contributed by atoms with Gasteiger partial charge in [0.15, 0.2) is 0 Å². The van der Waals surface area contributed by atoms with Gasteiger partial charge in [0.25, 0.3) is 0 Å². The van der Waals surface area contributed by atoms with Crippen molar-refractivity contribution in [3.8, 4) is 0 Å². The maximum absolute atomic E-state index is 5.84. The Balaban J connectivity index is 2.72. The lowest BCUT2D eigenvalue weighted by Gasteiger charge is -2.25. The van der Waals surface area contributed by atoms with Crippen LogP contribution in [0.1, 0.15) is 33.6 Å². The van der Waals surface area contributed by atoms with Gasteiger partial charge in [-0.2, -0.15) is 0 Å². The highest BCUT2D eigenvalue weighted by Gasteiger charge is 2.20. The minimum atomic E-state index is 0.355. The molecule has 78 valence electrons. The Labute approximate surface area is 96.0 Å². The molecule has 0 atom stereocenters. The summed E-state index contributed by atoms with van der Waals surface area (Å²) >= 11 is 7.78. The first-order chi connectivity index (χ1) is 6.59. The summed E-state index contributed by atoms with van der Waals surface area (Å²) in [4.78, 5) is 1.31. The number of hydrogen-bond donors (Lipinski definition) is 0. The first-order valence-corrected chi connectivity index (χ1v) is 6.23. The van der Waals surface area contributed by atoms with Crippen molar-refractivity contribution in [2.45, 2.75) is 43.3 Å². The Morgan fingerprint density at radius 2 is 1.64 bits per heavy atom. The second-order valence-electron chi connectivity index (χ2n) is 3.71. The van der Waals surface area contributed by atoms with Crippen LogP contribution in [0.5, 0.6) is 0 Å². The van der Waals surface area contributed by atoms with Gasteiger partial charge in [0, 0.05) is 14.7 Å². The van der Waals surface area contributed by atoms with Crippen molar-refractivity contribution >= 4 is 23.4 Å². The van der Waals surface area contributed by atoms with Crippen LogP contribution >= 0.6 is 23.4 Å². The normalized spacial score (nSPS) is 11.7. The quantitative estimate of drug-likeness (QED) is 0.653. The summed E-state index contributed by atoms with van der Waals surface area (Å²) in [5.74, 6) is 0. The minimum Gasteiger partial charge on any atom is -0.120 e. The van der Waals surface area contributed by atoms with Gasteiger partial charge in [0.1, 0.15) is 0 Å². The van der Waals surface area contributed by atoms with Crippen molar-refractivity contribution in [2.75, 3.05) is 0 Å². The smallest absolute Gasteiger partial charge is 0.0406 e. The fourth-order valence-corrected chi connectivity index (χ4v) is 2.44. The molecule has 0 fully saturated rings. The molecule has 0 bridgehead atoms. The second kappa shape index (κ2) is 5.09. The molecular weight excluding hydrogens is 212 g/mol. The maximum Gasteiger partial charge on any atom is 0.0406 e. The fourth-order valence-electron chi connectivity index (χ4n) is 1.18. The van der Waals surface area contributed by atoms with Gasteiger partial charge >= 0.3 is 0 Å². The molecule has 0 N–H and O–H groups in total. The van der Waals surface area contributed by atoms with E-state index >= 15 is 0 Å². The monoisotopic (exact) mass is 228 g/mol. The van der Waals surface area contributed by atoms with Crippen LogP contribution in [0.2, 0.25) is 5.02 Å². The van der Waals surface area contributed by atoms with Gasteiger partial charge in [-0.3, -0.25) is 0 Å². The Hall–Kier alpha value is -0.140. The zero-order valence-corrected chi connectivity index (χ0v) is 10.6. The van der Waals surface area contributed by atoms with Crippen LogP contribution < -0.4 is 0 Å². The van der Waals surface area contributed by atoms with Crippen LogP contribution in [0.3, 0.4) is 0 Å². The maximum atomic E-state index is 5.84. The number of thioether (sulfide) groups is 1. The number of hydrogen-bond acceptors (Lipinski definition) is 1. The summed E-state index contributed by atoms with van der Waals surface area (Å²) in [6.07, 6.45) is 2.38. The van der Waals surface area contributed by atoms with Crippen molar-refractivity contribution in [3.63, 3.8) is 0 Å². The average Bonchev–Trinajstić information content (AvgIpc) is 2.21. The zero-order valence-electron chi connectivity index (χ0n) is 9.01. The van der Waals surface area contributed by atoms with Gasteiger partial charge in [-0.05, 0) is 37.1 Å². The lowest BCUT2D eigenvalue weighted by molar-refractivity contribution is 0.600. The summed E-state index contributed by atoms with van der Waals surface area (Å²) in [6, 6.07) is 8.10. The van der Waals surface area contributed by atoms with Crippen LogP contribution in [0.25, 0.3) is 0 Å². The Bertz CT molecular complexity index is 275. The molecule has 0 aliphatic heterocycles. The summed E-state index contributed by atoms with van der Waals surface area (Å²) in [7, 11) is 0. The molecule has 2 heteroatoms. The summed E-state index contributed by atoms with van der Waals surface area (Å²) in [6.45, 7) is 6.80. The van der Waals surface area contributed by atoms with E-state index < -0.39 is 0 Å². The molecule has 1 aromatic rings. The predicted molar refractivity (Wildman–Crippen MR) is 66.3 cm³/mol. The topological polar surface area (TPSA) is 0 Å². The van der Waals surface area contributed by atoms with E-state index in [1.807, 2.05) is 23.9 Å². The molecule has 0 nitrogen and oxygen atoms in total. The van der Waals surface area contributed by atoms with Crippen molar-refractivity contribution in [1.29, 1.82) is 0 Å². The van der Waals surface area contributed by atoms with E-state index in [1.54, 1.807) is 0 Å². The number of benzene rings is 1. The largest absolute Gasteiger partial charge is 0.120 e. The fraction of sp³-hybridized carbons (Fsp3) is 0.500. The molecular formula is C12H17ClS. The van der Waals surface area contributed by atoms with Crippen molar-refractivity contribution in [3.05, 3.63) is 29.3 Å². The van der Waals surface area contributed by atoms with E-state index in [0.29, 0.717) is 4.75 Å². The Morgan fingerprint density at radius 3 is 2.07 bits per heavy atom. The van der Waals surface area contributed by atoms with E-state index in [0.717, 1.165) is 5.02 Å². The van der Waals surface area contributed by atoms with Crippen LogP contribution in [-0.2, 0) is 0 Å². The SMILES string of the molecule is CCC(C)(CC)Sc1ccc(Cl)cc1. The molecule has 0 spiro atoms. The van der Waals surface area contributed by atoms with Crippen LogP contribution in [0.15, 0.2) is 29.2 Å².